The number of fused-ring (bicyclic) bond motifs is 1. The summed E-state index contributed by atoms with van der Waals surface area (Å²) in [4.78, 5) is 24.6. The largest absolute Gasteiger partial charge is 0.492 e. The van der Waals surface area contributed by atoms with E-state index in [9.17, 15) is 4.79 Å². The molecule has 1 aliphatic heterocycles. The van der Waals surface area contributed by atoms with Gasteiger partial charge in [-0.1, -0.05) is 22.9 Å². The third-order valence-electron chi connectivity index (χ3n) is 4.44. The van der Waals surface area contributed by atoms with Gasteiger partial charge in [-0.25, -0.2) is 9.97 Å². The molecule has 2 aromatic heterocycles. The Morgan fingerprint density at radius 3 is 2.86 bits per heavy atom. The molecule has 28 heavy (non-hydrogen) atoms. The fourth-order valence-corrected chi connectivity index (χ4v) is 4.49. The Balaban J connectivity index is 1.77. The molecule has 144 valence electrons. The van der Waals surface area contributed by atoms with Gasteiger partial charge in [0.15, 0.2) is 5.82 Å². The molecule has 8 heteroatoms. The molecule has 1 amide bonds. The van der Waals surface area contributed by atoms with E-state index >= 15 is 0 Å². The van der Waals surface area contributed by atoms with Crippen molar-refractivity contribution < 1.29 is 9.53 Å². The van der Waals surface area contributed by atoms with E-state index in [0.29, 0.717) is 30.3 Å². The van der Waals surface area contributed by atoms with Crippen molar-refractivity contribution in [3.63, 3.8) is 0 Å². The van der Waals surface area contributed by atoms with Crippen molar-refractivity contribution in [2.24, 2.45) is 0 Å². The number of hydrogen-bond acceptors (Lipinski definition) is 4. The fraction of sp³-hybridized carbons (Fsp3) is 0.250. The second kappa shape index (κ2) is 8.05. The summed E-state index contributed by atoms with van der Waals surface area (Å²) in [6.07, 6.45) is 3.40. The first-order valence-corrected chi connectivity index (χ1v) is 10.6. The van der Waals surface area contributed by atoms with Crippen LogP contribution in [0.1, 0.15) is 29.4 Å². The van der Waals surface area contributed by atoms with Crippen LogP contribution < -0.4 is 10.1 Å². The van der Waals surface area contributed by atoms with Gasteiger partial charge in [0.2, 0.25) is 0 Å². The van der Waals surface area contributed by atoms with Crippen LogP contribution in [-0.2, 0) is 6.42 Å². The molecule has 1 aliphatic rings. The number of H-pyrrole nitrogens is 1. The molecular formula is C20H18Br2N4O2. The summed E-state index contributed by atoms with van der Waals surface area (Å²) in [6, 6.07) is 7.57. The molecule has 0 saturated heterocycles. The first kappa shape index (κ1) is 19.1. The standard InChI is InChI=1S/C20H18Br2N4O2/c1-2-7-28-18-13(8-11(21)9-14(18)22)19-23-5-4-16(26-19)17-10-12-15(25-17)3-6-24-20(12)27/h4-5,8-10,25H,2-3,6-7H2,1H3,(H,24,27). The van der Waals surface area contributed by atoms with E-state index in [0.717, 1.165) is 44.4 Å². The summed E-state index contributed by atoms with van der Waals surface area (Å²) in [7, 11) is 0. The van der Waals surface area contributed by atoms with Crippen molar-refractivity contribution in [1.29, 1.82) is 0 Å². The molecule has 0 fully saturated rings. The van der Waals surface area contributed by atoms with Crippen LogP contribution in [-0.4, -0.2) is 34.0 Å². The molecule has 0 radical (unpaired) electrons. The molecule has 0 unspecified atom stereocenters. The minimum atomic E-state index is -0.0517. The first-order chi connectivity index (χ1) is 13.6. The van der Waals surface area contributed by atoms with Gasteiger partial charge in [-0.15, -0.1) is 0 Å². The number of aromatic nitrogens is 3. The zero-order chi connectivity index (χ0) is 19.7. The average molecular weight is 506 g/mol. The Kier molecular flexibility index (Phi) is 5.50. The van der Waals surface area contributed by atoms with E-state index in [2.05, 4.69) is 54.1 Å². The maximum absolute atomic E-state index is 12.0. The van der Waals surface area contributed by atoms with Gasteiger partial charge in [0.05, 0.1) is 33.6 Å². The van der Waals surface area contributed by atoms with Gasteiger partial charge >= 0.3 is 0 Å². The highest BCUT2D eigenvalue weighted by molar-refractivity contribution is 9.11. The number of amides is 1. The van der Waals surface area contributed by atoms with Crippen LogP contribution in [0.5, 0.6) is 5.75 Å². The Morgan fingerprint density at radius 1 is 1.21 bits per heavy atom. The number of benzene rings is 1. The van der Waals surface area contributed by atoms with Crippen molar-refractivity contribution >= 4 is 37.8 Å². The Labute approximate surface area is 179 Å². The van der Waals surface area contributed by atoms with Gasteiger partial charge in [0.1, 0.15) is 5.75 Å². The number of hydrogen-bond donors (Lipinski definition) is 2. The molecule has 0 bridgehead atoms. The number of rotatable bonds is 5. The van der Waals surface area contributed by atoms with Crippen LogP contribution in [0, 0.1) is 0 Å². The molecular weight excluding hydrogens is 488 g/mol. The molecule has 0 spiro atoms. The summed E-state index contributed by atoms with van der Waals surface area (Å²) < 4.78 is 7.69. The van der Waals surface area contributed by atoms with Crippen molar-refractivity contribution in [3.8, 4) is 28.5 Å². The van der Waals surface area contributed by atoms with Crippen LogP contribution in [0.3, 0.4) is 0 Å². The topological polar surface area (TPSA) is 79.9 Å². The lowest BCUT2D eigenvalue weighted by Gasteiger charge is -2.13. The normalized spacial score (nSPS) is 13.2. The lowest BCUT2D eigenvalue weighted by Crippen LogP contribution is -2.31. The SMILES string of the molecule is CCCOc1c(Br)cc(Br)cc1-c1nccc(-c2cc3c([nH]2)CCNC3=O)n1. The van der Waals surface area contributed by atoms with Gasteiger partial charge in [-0.05, 0) is 46.6 Å². The van der Waals surface area contributed by atoms with Gasteiger partial charge in [-0.3, -0.25) is 4.79 Å². The summed E-state index contributed by atoms with van der Waals surface area (Å²) in [6.45, 7) is 3.31. The minimum Gasteiger partial charge on any atom is -0.492 e. The Hall–Kier alpha value is -2.19. The molecule has 1 aromatic carbocycles. The zero-order valence-electron chi connectivity index (χ0n) is 15.2. The number of nitrogens with one attached hydrogen (secondary N) is 2. The van der Waals surface area contributed by atoms with Crippen LogP contribution >= 0.6 is 31.9 Å². The predicted octanol–water partition coefficient (Wildman–Crippen LogP) is 4.74. The Morgan fingerprint density at radius 2 is 2.07 bits per heavy atom. The van der Waals surface area contributed by atoms with Gasteiger partial charge in [0.25, 0.3) is 5.91 Å². The van der Waals surface area contributed by atoms with Crippen molar-refractivity contribution in [1.82, 2.24) is 20.3 Å². The molecule has 2 N–H and O–H groups in total. The number of carbonyl (C=O) groups is 1. The maximum atomic E-state index is 12.0. The Bertz CT molecular complexity index is 1050. The molecule has 4 rings (SSSR count). The van der Waals surface area contributed by atoms with Gasteiger partial charge < -0.3 is 15.0 Å². The smallest absolute Gasteiger partial charge is 0.253 e. The molecule has 0 atom stereocenters. The molecule has 0 saturated carbocycles. The van der Waals surface area contributed by atoms with E-state index in [1.165, 1.54) is 0 Å². The molecule has 3 aromatic rings. The summed E-state index contributed by atoms with van der Waals surface area (Å²) in [5.74, 6) is 1.22. The summed E-state index contributed by atoms with van der Waals surface area (Å²) in [5, 5.41) is 2.86. The summed E-state index contributed by atoms with van der Waals surface area (Å²) in [5.41, 5.74) is 3.95. The zero-order valence-corrected chi connectivity index (χ0v) is 18.4. The monoisotopic (exact) mass is 504 g/mol. The van der Waals surface area contributed by atoms with E-state index in [1.54, 1.807) is 6.20 Å². The number of carbonyl (C=O) groups excluding carboxylic acids is 1. The van der Waals surface area contributed by atoms with E-state index in [-0.39, 0.29) is 5.91 Å². The van der Waals surface area contributed by atoms with Crippen molar-refractivity contribution in [3.05, 3.63) is 50.7 Å². The number of halogens is 2. The number of nitrogens with zero attached hydrogens (tertiary/aromatic N) is 2. The van der Waals surface area contributed by atoms with Gasteiger partial charge in [-0.2, -0.15) is 0 Å². The van der Waals surface area contributed by atoms with Crippen molar-refractivity contribution in [2.75, 3.05) is 13.2 Å². The maximum Gasteiger partial charge on any atom is 0.253 e. The predicted molar refractivity (Wildman–Crippen MR) is 114 cm³/mol. The lowest BCUT2D eigenvalue weighted by molar-refractivity contribution is 0.0946. The van der Waals surface area contributed by atoms with Crippen LogP contribution in [0.2, 0.25) is 0 Å². The minimum absolute atomic E-state index is 0.0517. The van der Waals surface area contributed by atoms with E-state index < -0.39 is 0 Å². The highest BCUT2D eigenvalue weighted by atomic mass is 79.9. The van der Waals surface area contributed by atoms with Crippen LogP contribution in [0.25, 0.3) is 22.8 Å². The average Bonchev–Trinajstić information content (AvgIpc) is 3.13. The van der Waals surface area contributed by atoms with E-state index in [4.69, 9.17) is 9.72 Å². The fourth-order valence-electron chi connectivity index (χ4n) is 3.15. The number of ether oxygens (including phenoxy) is 1. The quantitative estimate of drug-likeness (QED) is 0.525. The molecule has 6 nitrogen and oxygen atoms in total. The first-order valence-electron chi connectivity index (χ1n) is 9.02. The second-order valence-corrected chi connectivity index (χ2v) is 8.23. The van der Waals surface area contributed by atoms with Crippen LogP contribution in [0.4, 0.5) is 0 Å². The third-order valence-corrected chi connectivity index (χ3v) is 5.48. The second-order valence-electron chi connectivity index (χ2n) is 6.46. The third kappa shape index (κ3) is 3.71. The summed E-state index contributed by atoms with van der Waals surface area (Å²) >= 11 is 7.10. The van der Waals surface area contributed by atoms with E-state index in [1.807, 2.05) is 24.3 Å². The van der Waals surface area contributed by atoms with Gasteiger partial charge in [0, 0.05) is 29.3 Å². The molecule has 3 heterocycles. The highest BCUT2D eigenvalue weighted by Crippen LogP contribution is 2.38. The van der Waals surface area contributed by atoms with Crippen LogP contribution in [0.15, 0.2) is 39.4 Å². The lowest BCUT2D eigenvalue weighted by atomic mass is 10.1. The highest BCUT2D eigenvalue weighted by Gasteiger charge is 2.21. The number of aromatic amines is 1. The molecule has 0 aliphatic carbocycles. The van der Waals surface area contributed by atoms with Crippen molar-refractivity contribution in [2.45, 2.75) is 19.8 Å².